The number of hydrogen-bond acceptors (Lipinski definition) is 5. The Hall–Kier alpha value is -2.09. The molecule has 0 saturated carbocycles. The van der Waals surface area contributed by atoms with E-state index in [0.29, 0.717) is 21.4 Å². The van der Waals surface area contributed by atoms with Gasteiger partial charge in [-0.05, 0) is 25.1 Å². The predicted octanol–water partition coefficient (Wildman–Crippen LogP) is 2.02. The normalized spacial score (nSPS) is 20.1. The largest absolute Gasteiger partial charge is 0.441 e. The molecule has 1 aromatic heterocycles. The molecule has 1 aromatic carbocycles. The number of likely N-dealkylation sites (tertiary alicyclic amines) is 1. The molecule has 0 aliphatic carbocycles. The molecule has 0 bridgehead atoms. The summed E-state index contributed by atoms with van der Waals surface area (Å²) >= 11 is 11.9. The number of nitrogens with two attached hydrogens (primary N) is 1. The first-order valence-corrected chi connectivity index (χ1v) is 8.21. The van der Waals surface area contributed by atoms with Gasteiger partial charge in [0.1, 0.15) is 5.76 Å². The van der Waals surface area contributed by atoms with E-state index < -0.39 is 17.4 Å². The number of carbonyl (C=O) groups excluding carboxylic acids is 2. The van der Waals surface area contributed by atoms with Crippen LogP contribution < -0.4 is 5.73 Å². The summed E-state index contributed by atoms with van der Waals surface area (Å²) in [6, 6.07) is 4.87. The van der Waals surface area contributed by atoms with Gasteiger partial charge in [-0.1, -0.05) is 23.2 Å². The minimum Gasteiger partial charge on any atom is -0.441 e. The highest BCUT2D eigenvalue weighted by molar-refractivity contribution is 6.42. The van der Waals surface area contributed by atoms with Crippen LogP contribution in [0, 0.1) is 6.92 Å². The molecule has 2 aromatic rings. The summed E-state index contributed by atoms with van der Waals surface area (Å²) in [5.74, 6) is -0.745. The summed E-state index contributed by atoms with van der Waals surface area (Å²) in [4.78, 5) is 29.5. The average Bonchev–Trinajstić information content (AvgIpc) is 3.14. The molecule has 1 aliphatic heterocycles. The van der Waals surface area contributed by atoms with Crippen molar-refractivity contribution in [1.82, 2.24) is 9.88 Å². The van der Waals surface area contributed by atoms with Crippen LogP contribution in [0.25, 0.3) is 11.5 Å². The molecule has 1 unspecified atom stereocenters. The van der Waals surface area contributed by atoms with Gasteiger partial charge in [0.2, 0.25) is 5.89 Å². The number of oxazole rings is 1. The van der Waals surface area contributed by atoms with Gasteiger partial charge in [-0.3, -0.25) is 9.59 Å². The molecule has 3 rings (SSSR count). The van der Waals surface area contributed by atoms with E-state index in [-0.39, 0.29) is 31.1 Å². The number of hydrogen-bond donors (Lipinski definition) is 2. The van der Waals surface area contributed by atoms with Crippen LogP contribution >= 0.6 is 23.2 Å². The maximum atomic E-state index is 12.6. The van der Waals surface area contributed by atoms with Crippen molar-refractivity contribution < 1.29 is 19.1 Å². The van der Waals surface area contributed by atoms with E-state index in [4.69, 9.17) is 33.4 Å². The van der Waals surface area contributed by atoms with Gasteiger partial charge >= 0.3 is 0 Å². The van der Waals surface area contributed by atoms with Crippen molar-refractivity contribution in [1.29, 1.82) is 0 Å². The van der Waals surface area contributed by atoms with Crippen LogP contribution in [-0.4, -0.2) is 45.5 Å². The molecule has 132 valence electrons. The van der Waals surface area contributed by atoms with Gasteiger partial charge in [-0.15, -0.1) is 0 Å². The minimum atomic E-state index is -1.71. The Balaban J connectivity index is 1.86. The molecule has 3 N–H and O–H groups in total. The number of aliphatic hydroxyl groups is 1. The van der Waals surface area contributed by atoms with Crippen LogP contribution in [0.15, 0.2) is 22.6 Å². The van der Waals surface area contributed by atoms with E-state index in [0.717, 1.165) is 0 Å². The van der Waals surface area contributed by atoms with Gasteiger partial charge in [0.25, 0.3) is 11.8 Å². The van der Waals surface area contributed by atoms with Gasteiger partial charge < -0.3 is 20.2 Å². The Morgan fingerprint density at radius 2 is 2.08 bits per heavy atom. The minimum absolute atomic E-state index is 0.0879. The van der Waals surface area contributed by atoms with E-state index in [2.05, 4.69) is 4.98 Å². The van der Waals surface area contributed by atoms with Crippen LogP contribution in [0.5, 0.6) is 0 Å². The van der Waals surface area contributed by atoms with Crippen LogP contribution in [-0.2, 0) is 4.79 Å². The van der Waals surface area contributed by atoms with Crippen molar-refractivity contribution in [2.75, 3.05) is 13.1 Å². The third-order valence-corrected chi connectivity index (χ3v) is 4.90. The lowest BCUT2D eigenvalue weighted by Gasteiger charge is -2.19. The second-order valence-electron chi connectivity index (χ2n) is 5.93. The first-order valence-electron chi connectivity index (χ1n) is 7.46. The fourth-order valence-electron chi connectivity index (χ4n) is 2.67. The van der Waals surface area contributed by atoms with E-state index in [9.17, 15) is 14.7 Å². The van der Waals surface area contributed by atoms with Crippen LogP contribution in [0.2, 0.25) is 10.0 Å². The number of aromatic nitrogens is 1. The third-order valence-electron chi connectivity index (χ3n) is 4.16. The quantitative estimate of drug-likeness (QED) is 0.842. The van der Waals surface area contributed by atoms with Crippen molar-refractivity contribution in [2.45, 2.75) is 18.9 Å². The van der Waals surface area contributed by atoms with Crippen molar-refractivity contribution >= 4 is 35.0 Å². The van der Waals surface area contributed by atoms with E-state index in [1.165, 1.54) is 4.90 Å². The lowest BCUT2D eigenvalue weighted by molar-refractivity contribution is -0.134. The average molecular weight is 384 g/mol. The summed E-state index contributed by atoms with van der Waals surface area (Å²) in [6.07, 6.45) is 0.0879. The molecule has 1 saturated heterocycles. The Kier molecular flexibility index (Phi) is 4.49. The van der Waals surface area contributed by atoms with Crippen molar-refractivity contribution in [2.24, 2.45) is 5.73 Å². The Morgan fingerprint density at radius 3 is 2.68 bits per heavy atom. The first-order chi connectivity index (χ1) is 11.7. The molecule has 1 fully saturated rings. The highest BCUT2D eigenvalue weighted by atomic mass is 35.5. The highest BCUT2D eigenvalue weighted by Gasteiger charge is 2.44. The molecule has 25 heavy (non-hydrogen) atoms. The molecule has 2 heterocycles. The van der Waals surface area contributed by atoms with Crippen LogP contribution in [0.1, 0.15) is 22.7 Å². The number of β-amino-alcohol motifs (C(OH)–C–C–N with tert-alkyl or cyclic N) is 1. The first kappa shape index (κ1) is 17.7. The molecule has 0 radical (unpaired) electrons. The monoisotopic (exact) mass is 383 g/mol. The lowest BCUT2D eigenvalue weighted by atomic mass is 10.0. The number of nitrogens with zero attached hydrogens (tertiary/aromatic N) is 2. The molecular formula is C16H15Cl2N3O4. The molecule has 2 amide bonds. The van der Waals surface area contributed by atoms with Crippen molar-refractivity contribution in [3.05, 3.63) is 39.7 Å². The molecule has 9 heteroatoms. The smallest absolute Gasteiger partial charge is 0.276 e. The topological polar surface area (TPSA) is 110 Å². The SMILES string of the molecule is Cc1oc(-c2ccc(Cl)c(Cl)c2)nc1C(=O)N1CCC(O)(C(N)=O)C1. The van der Waals surface area contributed by atoms with Gasteiger partial charge in [0, 0.05) is 18.5 Å². The van der Waals surface area contributed by atoms with Crippen molar-refractivity contribution in [3.8, 4) is 11.5 Å². The van der Waals surface area contributed by atoms with Crippen LogP contribution in [0.3, 0.4) is 0 Å². The zero-order chi connectivity index (χ0) is 18.4. The molecule has 7 nitrogen and oxygen atoms in total. The predicted molar refractivity (Wildman–Crippen MR) is 91.4 cm³/mol. The number of aryl methyl sites for hydroxylation is 1. The van der Waals surface area contributed by atoms with Gasteiger partial charge in [-0.25, -0.2) is 4.98 Å². The number of benzene rings is 1. The summed E-state index contributed by atoms with van der Waals surface area (Å²) in [5, 5.41) is 10.8. The Bertz CT molecular complexity index is 867. The fraction of sp³-hybridized carbons (Fsp3) is 0.312. The zero-order valence-corrected chi connectivity index (χ0v) is 14.8. The van der Waals surface area contributed by atoms with Gasteiger partial charge in [0.15, 0.2) is 11.3 Å². The molecule has 0 spiro atoms. The second-order valence-corrected chi connectivity index (χ2v) is 6.74. The molecular weight excluding hydrogens is 369 g/mol. The summed E-state index contributed by atoms with van der Waals surface area (Å²) in [6.45, 7) is 1.64. The number of carbonyl (C=O) groups is 2. The fourth-order valence-corrected chi connectivity index (χ4v) is 2.96. The third kappa shape index (κ3) is 3.22. The summed E-state index contributed by atoms with van der Waals surface area (Å²) < 4.78 is 5.56. The van der Waals surface area contributed by atoms with Gasteiger partial charge in [-0.2, -0.15) is 0 Å². The second kappa shape index (κ2) is 6.33. The highest BCUT2D eigenvalue weighted by Crippen LogP contribution is 2.30. The van der Waals surface area contributed by atoms with E-state index >= 15 is 0 Å². The maximum absolute atomic E-state index is 12.6. The number of primary amides is 1. The maximum Gasteiger partial charge on any atom is 0.276 e. The number of halogens is 2. The Labute approximate surface area is 153 Å². The lowest BCUT2D eigenvalue weighted by Crippen LogP contribution is -2.46. The molecule has 1 aliphatic rings. The zero-order valence-electron chi connectivity index (χ0n) is 13.3. The van der Waals surface area contributed by atoms with Crippen LogP contribution in [0.4, 0.5) is 0 Å². The van der Waals surface area contributed by atoms with Crippen molar-refractivity contribution in [3.63, 3.8) is 0 Å². The summed E-state index contributed by atoms with van der Waals surface area (Å²) in [7, 11) is 0. The summed E-state index contributed by atoms with van der Waals surface area (Å²) in [5.41, 5.74) is 4.16. The van der Waals surface area contributed by atoms with E-state index in [1.54, 1.807) is 25.1 Å². The Morgan fingerprint density at radius 1 is 1.36 bits per heavy atom. The van der Waals surface area contributed by atoms with Gasteiger partial charge in [0.05, 0.1) is 16.6 Å². The molecule has 1 atom stereocenters. The van der Waals surface area contributed by atoms with E-state index in [1.807, 2.05) is 0 Å². The standard InChI is InChI=1S/C16H15Cl2N3O4/c1-8-12(14(22)21-5-4-16(24,7-21)15(19)23)20-13(25-8)9-2-3-10(17)11(18)6-9/h2-3,6,24H,4-5,7H2,1H3,(H2,19,23). The number of rotatable bonds is 3. The number of amides is 2.